The quantitative estimate of drug-likeness (QED) is 0.914. The second kappa shape index (κ2) is 5.77. The van der Waals surface area contributed by atoms with Gasteiger partial charge in [-0.15, -0.1) is 0 Å². The lowest BCUT2D eigenvalue weighted by molar-refractivity contribution is 0.0678. The fraction of sp³-hybridized carbons (Fsp3) is 0.385. The average Bonchev–Trinajstić information content (AvgIpc) is 2.29. The van der Waals surface area contributed by atoms with Crippen molar-refractivity contribution in [3.63, 3.8) is 0 Å². The Morgan fingerprint density at radius 1 is 1.21 bits per heavy atom. The highest BCUT2D eigenvalue weighted by atomic mass is 19.2. The molecule has 0 aliphatic heterocycles. The van der Waals surface area contributed by atoms with Crippen LogP contribution >= 0.6 is 0 Å². The molecule has 0 fully saturated rings. The van der Waals surface area contributed by atoms with Gasteiger partial charge in [0, 0.05) is 13.6 Å². The largest absolute Gasteiger partial charge is 0.478 e. The number of hydrogen-bond acceptors (Lipinski definition) is 2. The zero-order chi connectivity index (χ0) is 14.7. The summed E-state index contributed by atoms with van der Waals surface area (Å²) < 4.78 is 26.2. The van der Waals surface area contributed by atoms with E-state index in [9.17, 15) is 18.4 Å². The number of carboxylic acids is 1. The van der Waals surface area contributed by atoms with Crippen molar-refractivity contribution in [3.8, 4) is 0 Å². The van der Waals surface area contributed by atoms with Crippen LogP contribution in [0, 0.1) is 17.6 Å². The lowest BCUT2D eigenvalue weighted by atomic mass is 10.1. The first kappa shape index (κ1) is 15.1. The maximum atomic E-state index is 13.2. The predicted octanol–water partition coefficient (Wildman–Crippen LogP) is 2.39. The number of carbonyl (C=O) groups is 2. The van der Waals surface area contributed by atoms with Gasteiger partial charge >= 0.3 is 5.97 Å². The molecule has 4 nitrogen and oxygen atoms in total. The topological polar surface area (TPSA) is 57.6 Å². The van der Waals surface area contributed by atoms with E-state index >= 15 is 0 Å². The van der Waals surface area contributed by atoms with Gasteiger partial charge in [-0.1, -0.05) is 13.8 Å². The van der Waals surface area contributed by atoms with Crippen molar-refractivity contribution < 1.29 is 23.5 Å². The van der Waals surface area contributed by atoms with Crippen LogP contribution in [0.4, 0.5) is 8.78 Å². The van der Waals surface area contributed by atoms with Crippen LogP contribution in [-0.2, 0) is 0 Å². The molecular formula is C13H15F2NO3. The van der Waals surface area contributed by atoms with E-state index in [4.69, 9.17) is 5.11 Å². The van der Waals surface area contributed by atoms with Gasteiger partial charge in [0.15, 0.2) is 11.6 Å². The highest BCUT2D eigenvalue weighted by Crippen LogP contribution is 2.17. The number of amides is 1. The van der Waals surface area contributed by atoms with Gasteiger partial charge in [-0.2, -0.15) is 0 Å². The molecule has 0 aromatic heterocycles. The Hall–Kier alpha value is -1.98. The Kier molecular flexibility index (Phi) is 4.58. The van der Waals surface area contributed by atoms with E-state index in [0.717, 1.165) is 0 Å². The van der Waals surface area contributed by atoms with Gasteiger partial charge in [-0.05, 0) is 18.1 Å². The molecule has 0 heterocycles. The summed E-state index contributed by atoms with van der Waals surface area (Å²) in [5.74, 6) is -4.48. The summed E-state index contributed by atoms with van der Waals surface area (Å²) in [6.07, 6.45) is 0. The molecule has 0 saturated heterocycles. The average molecular weight is 271 g/mol. The molecule has 0 radical (unpaired) electrons. The van der Waals surface area contributed by atoms with Crippen LogP contribution in [0.1, 0.15) is 34.6 Å². The standard InChI is InChI=1S/C13H15F2NO3/c1-7(2)6-16(3)12(17)8-4-10(14)11(15)5-9(8)13(18)19/h4-5,7H,6H2,1-3H3,(H,18,19). The van der Waals surface area contributed by atoms with Crippen molar-refractivity contribution in [2.45, 2.75) is 13.8 Å². The predicted molar refractivity (Wildman–Crippen MR) is 65.1 cm³/mol. The van der Waals surface area contributed by atoms with Crippen LogP contribution in [0.5, 0.6) is 0 Å². The molecule has 1 N–H and O–H groups in total. The van der Waals surface area contributed by atoms with Crippen molar-refractivity contribution in [1.29, 1.82) is 0 Å². The third kappa shape index (κ3) is 3.49. The molecule has 0 aliphatic rings. The third-order valence-electron chi connectivity index (χ3n) is 2.51. The van der Waals surface area contributed by atoms with Crippen LogP contribution in [0.15, 0.2) is 12.1 Å². The highest BCUT2D eigenvalue weighted by molar-refractivity contribution is 6.04. The highest BCUT2D eigenvalue weighted by Gasteiger charge is 2.23. The number of benzene rings is 1. The molecule has 0 bridgehead atoms. The first-order chi connectivity index (χ1) is 8.73. The molecule has 6 heteroatoms. The molecule has 0 aliphatic carbocycles. The molecule has 0 spiro atoms. The van der Waals surface area contributed by atoms with Crippen molar-refractivity contribution in [3.05, 3.63) is 34.9 Å². The summed E-state index contributed by atoms with van der Waals surface area (Å²) in [6, 6.07) is 1.14. The fourth-order valence-corrected chi connectivity index (χ4v) is 1.74. The Bertz CT molecular complexity index is 515. The minimum absolute atomic E-state index is 0.174. The van der Waals surface area contributed by atoms with Crippen molar-refractivity contribution in [2.75, 3.05) is 13.6 Å². The molecule has 0 atom stereocenters. The van der Waals surface area contributed by atoms with Crippen LogP contribution in [0.2, 0.25) is 0 Å². The number of aromatic carboxylic acids is 1. The molecule has 19 heavy (non-hydrogen) atoms. The summed E-state index contributed by atoms with van der Waals surface area (Å²) in [5, 5.41) is 8.93. The zero-order valence-corrected chi connectivity index (χ0v) is 10.9. The monoisotopic (exact) mass is 271 g/mol. The van der Waals surface area contributed by atoms with Gasteiger partial charge in [-0.3, -0.25) is 4.79 Å². The third-order valence-corrected chi connectivity index (χ3v) is 2.51. The lowest BCUT2D eigenvalue weighted by Gasteiger charge is -2.20. The minimum Gasteiger partial charge on any atom is -0.478 e. The lowest BCUT2D eigenvalue weighted by Crippen LogP contribution is -2.31. The summed E-state index contributed by atoms with van der Waals surface area (Å²) in [4.78, 5) is 24.3. The van der Waals surface area contributed by atoms with Gasteiger partial charge in [0.2, 0.25) is 0 Å². The maximum absolute atomic E-state index is 13.2. The number of carbonyl (C=O) groups excluding carboxylic acids is 1. The molecule has 1 aromatic rings. The van der Waals surface area contributed by atoms with E-state index in [0.29, 0.717) is 18.7 Å². The maximum Gasteiger partial charge on any atom is 0.336 e. The van der Waals surface area contributed by atoms with Gasteiger partial charge in [0.25, 0.3) is 5.91 Å². The summed E-state index contributed by atoms with van der Waals surface area (Å²) in [5.41, 5.74) is -0.894. The van der Waals surface area contributed by atoms with Crippen LogP contribution in [0.3, 0.4) is 0 Å². The minimum atomic E-state index is -1.47. The van der Waals surface area contributed by atoms with Gasteiger partial charge in [0.05, 0.1) is 11.1 Å². The van der Waals surface area contributed by atoms with E-state index in [1.165, 1.54) is 11.9 Å². The van der Waals surface area contributed by atoms with Gasteiger partial charge in [-0.25, -0.2) is 13.6 Å². The first-order valence-electron chi connectivity index (χ1n) is 5.71. The van der Waals surface area contributed by atoms with E-state index in [-0.39, 0.29) is 11.5 Å². The SMILES string of the molecule is CC(C)CN(C)C(=O)c1cc(F)c(F)cc1C(=O)O. The second-order valence-corrected chi connectivity index (χ2v) is 4.70. The molecule has 1 rings (SSSR count). The Labute approximate surface area is 109 Å². The smallest absolute Gasteiger partial charge is 0.336 e. The number of hydrogen-bond donors (Lipinski definition) is 1. The van der Waals surface area contributed by atoms with Crippen LogP contribution < -0.4 is 0 Å². The number of nitrogens with zero attached hydrogens (tertiary/aromatic N) is 1. The number of carboxylic acid groups (broad SMARTS) is 1. The van der Waals surface area contributed by atoms with Crippen LogP contribution in [-0.4, -0.2) is 35.5 Å². The van der Waals surface area contributed by atoms with E-state index < -0.39 is 29.1 Å². The van der Waals surface area contributed by atoms with Crippen molar-refractivity contribution in [2.24, 2.45) is 5.92 Å². The second-order valence-electron chi connectivity index (χ2n) is 4.70. The summed E-state index contributed by atoms with van der Waals surface area (Å²) in [7, 11) is 1.48. The van der Waals surface area contributed by atoms with E-state index in [1.54, 1.807) is 0 Å². The zero-order valence-electron chi connectivity index (χ0n) is 10.9. The van der Waals surface area contributed by atoms with Crippen molar-refractivity contribution >= 4 is 11.9 Å². The van der Waals surface area contributed by atoms with Gasteiger partial charge < -0.3 is 10.0 Å². The van der Waals surface area contributed by atoms with E-state index in [2.05, 4.69) is 0 Å². The van der Waals surface area contributed by atoms with E-state index in [1.807, 2.05) is 13.8 Å². The number of halogens is 2. The molecule has 1 amide bonds. The molecular weight excluding hydrogens is 256 g/mol. The Morgan fingerprint density at radius 2 is 1.68 bits per heavy atom. The molecule has 0 unspecified atom stereocenters. The fourth-order valence-electron chi connectivity index (χ4n) is 1.74. The number of rotatable bonds is 4. The first-order valence-corrected chi connectivity index (χ1v) is 5.71. The van der Waals surface area contributed by atoms with Crippen molar-refractivity contribution in [1.82, 2.24) is 4.90 Å². The Morgan fingerprint density at radius 3 is 2.11 bits per heavy atom. The summed E-state index contributed by atoms with van der Waals surface area (Å²) >= 11 is 0. The molecule has 104 valence electrons. The molecule has 1 aromatic carbocycles. The molecule has 0 saturated carbocycles. The Balaban J connectivity index is 3.21. The normalized spacial score (nSPS) is 10.6. The van der Waals surface area contributed by atoms with Crippen LogP contribution in [0.25, 0.3) is 0 Å². The van der Waals surface area contributed by atoms with Gasteiger partial charge in [0.1, 0.15) is 0 Å². The summed E-state index contributed by atoms with van der Waals surface area (Å²) in [6.45, 7) is 4.15.